The summed E-state index contributed by atoms with van der Waals surface area (Å²) in [5.41, 5.74) is 5.38. The number of fused-ring (bicyclic) bond motifs is 1. The third kappa shape index (κ3) is 2.28. The van der Waals surface area contributed by atoms with Crippen LogP contribution in [0.4, 0.5) is 14.5 Å². The molecule has 0 radical (unpaired) electrons. The SMILES string of the molecule is Nc1cc(F)c(Oc2ccc3ccccc3c2)c(F)c1. The second kappa shape index (κ2) is 4.81. The molecule has 0 spiro atoms. The van der Waals surface area contributed by atoms with Crippen LogP contribution in [0.2, 0.25) is 0 Å². The Hall–Kier alpha value is -2.62. The molecule has 0 bridgehead atoms. The smallest absolute Gasteiger partial charge is 0.198 e. The Morgan fingerprint density at radius 2 is 1.45 bits per heavy atom. The third-order valence-corrected chi connectivity index (χ3v) is 2.96. The fourth-order valence-corrected chi connectivity index (χ4v) is 2.03. The lowest BCUT2D eigenvalue weighted by Crippen LogP contribution is -1.95. The zero-order valence-corrected chi connectivity index (χ0v) is 10.4. The zero-order valence-electron chi connectivity index (χ0n) is 10.4. The number of ether oxygens (including phenoxy) is 1. The van der Waals surface area contributed by atoms with E-state index in [4.69, 9.17) is 10.5 Å². The summed E-state index contributed by atoms with van der Waals surface area (Å²) in [7, 11) is 0. The van der Waals surface area contributed by atoms with E-state index in [1.165, 1.54) is 0 Å². The molecule has 0 atom stereocenters. The minimum Gasteiger partial charge on any atom is -0.451 e. The highest BCUT2D eigenvalue weighted by molar-refractivity contribution is 5.83. The van der Waals surface area contributed by atoms with Crippen LogP contribution >= 0.6 is 0 Å². The number of nitrogens with two attached hydrogens (primary N) is 1. The molecule has 20 heavy (non-hydrogen) atoms. The van der Waals surface area contributed by atoms with E-state index < -0.39 is 17.4 Å². The van der Waals surface area contributed by atoms with Crippen molar-refractivity contribution in [1.29, 1.82) is 0 Å². The molecule has 4 heteroatoms. The van der Waals surface area contributed by atoms with Gasteiger partial charge in [-0.1, -0.05) is 30.3 Å². The van der Waals surface area contributed by atoms with Crippen LogP contribution in [0.1, 0.15) is 0 Å². The normalized spacial score (nSPS) is 10.7. The Morgan fingerprint density at radius 1 is 0.800 bits per heavy atom. The van der Waals surface area contributed by atoms with E-state index >= 15 is 0 Å². The molecule has 0 unspecified atom stereocenters. The second-order valence-corrected chi connectivity index (χ2v) is 4.42. The van der Waals surface area contributed by atoms with Crippen LogP contribution < -0.4 is 10.5 Å². The maximum absolute atomic E-state index is 13.7. The van der Waals surface area contributed by atoms with Crippen LogP contribution in [0.5, 0.6) is 11.5 Å². The average molecular weight is 271 g/mol. The van der Waals surface area contributed by atoms with Crippen molar-refractivity contribution in [2.45, 2.75) is 0 Å². The van der Waals surface area contributed by atoms with Crippen LogP contribution in [0.15, 0.2) is 54.6 Å². The minimum absolute atomic E-state index is 0.0193. The average Bonchev–Trinajstić information content (AvgIpc) is 2.42. The van der Waals surface area contributed by atoms with Gasteiger partial charge in [0, 0.05) is 17.8 Å². The van der Waals surface area contributed by atoms with Crippen molar-refractivity contribution >= 4 is 16.5 Å². The van der Waals surface area contributed by atoms with Crippen LogP contribution in [0.3, 0.4) is 0 Å². The van der Waals surface area contributed by atoms with Crippen molar-refractivity contribution in [3.8, 4) is 11.5 Å². The topological polar surface area (TPSA) is 35.2 Å². The fraction of sp³-hybridized carbons (Fsp3) is 0. The van der Waals surface area contributed by atoms with Gasteiger partial charge in [0.05, 0.1) is 0 Å². The molecular formula is C16H11F2NO. The zero-order chi connectivity index (χ0) is 14.1. The van der Waals surface area contributed by atoms with Crippen LogP contribution in [0.25, 0.3) is 10.8 Å². The molecule has 0 aliphatic carbocycles. The Morgan fingerprint density at radius 3 is 2.15 bits per heavy atom. The van der Waals surface area contributed by atoms with Crippen molar-refractivity contribution in [1.82, 2.24) is 0 Å². The van der Waals surface area contributed by atoms with Gasteiger partial charge in [-0.05, 0) is 22.9 Å². The first kappa shape index (κ1) is 12.4. The molecular weight excluding hydrogens is 260 g/mol. The first-order valence-electron chi connectivity index (χ1n) is 6.04. The van der Waals surface area contributed by atoms with Gasteiger partial charge in [0.25, 0.3) is 0 Å². The van der Waals surface area contributed by atoms with Gasteiger partial charge in [0.1, 0.15) is 5.75 Å². The van der Waals surface area contributed by atoms with Crippen molar-refractivity contribution in [3.05, 3.63) is 66.2 Å². The Kier molecular flexibility index (Phi) is 2.99. The Bertz CT molecular complexity index is 763. The number of anilines is 1. The molecule has 0 fully saturated rings. The second-order valence-electron chi connectivity index (χ2n) is 4.42. The van der Waals surface area contributed by atoms with Gasteiger partial charge >= 0.3 is 0 Å². The summed E-state index contributed by atoms with van der Waals surface area (Å²) in [5.74, 6) is -1.73. The van der Waals surface area contributed by atoms with E-state index in [0.717, 1.165) is 22.9 Å². The van der Waals surface area contributed by atoms with Gasteiger partial charge in [-0.3, -0.25) is 0 Å². The number of benzene rings is 3. The van der Waals surface area contributed by atoms with Gasteiger partial charge in [-0.15, -0.1) is 0 Å². The molecule has 2 N–H and O–H groups in total. The van der Waals surface area contributed by atoms with Crippen molar-refractivity contribution in [3.63, 3.8) is 0 Å². The Balaban J connectivity index is 2.01. The molecule has 0 aliphatic rings. The van der Waals surface area contributed by atoms with Crippen LogP contribution in [-0.4, -0.2) is 0 Å². The lowest BCUT2D eigenvalue weighted by molar-refractivity contribution is 0.408. The molecule has 3 aromatic rings. The quantitative estimate of drug-likeness (QED) is 0.697. The van der Waals surface area contributed by atoms with E-state index in [9.17, 15) is 8.78 Å². The lowest BCUT2D eigenvalue weighted by Gasteiger charge is -2.09. The highest BCUT2D eigenvalue weighted by atomic mass is 19.1. The summed E-state index contributed by atoms with van der Waals surface area (Å²) in [6.07, 6.45) is 0. The molecule has 0 saturated heterocycles. The highest BCUT2D eigenvalue weighted by Crippen LogP contribution is 2.30. The maximum atomic E-state index is 13.7. The molecule has 0 aliphatic heterocycles. The standard InChI is InChI=1S/C16H11F2NO/c17-14-8-12(19)9-15(18)16(14)20-13-6-5-10-3-1-2-4-11(10)7-13/h1-9H,19H2. The molecule has 100 valence electrons. The van der Waals surface area contributed by atoms with Crippen LogP contribution in [0, 0.1) is 11.6 Å². The molecule has 0 heterocycles. The number of halogens is 2. The largest absolute Gasteiger partial charge is 0.451 e. The summed E-state index contributed by atoms with van der Waals surface area (Å²) in [6.45, 7) is 0. The highest BCUT2D eigenvalue weighted by Gasteiger charge is 2.13. The fourth-order valence-electron chi connectivity index (χ4n) is 2.03. The van der Waals surface area contributed by atoms with E-state index in [1.807, 2.05) is 30.3 Å². The third-order valence-electron chi connectivity index (χ3n) is 2.96. The van der Waals surface area contributed by atoms with Crippen LogP contribution in [-0.2, 0) is 0 Å². The summed E-state index contributed by atoms with van der Waals surface area (Å²) in [4.78, 5) is 0. The first-order valence-corrected chi connectivity index (χ1v) is 6.04. The van der Waals surface area contributed by atoms with Gasteiger partial charge < -0.3 is 10.5 Å². The van der Waals surface area contributed by atoms with Crippen molar-refractivity contribution in [2.75, 3.05) is 5.73 Å². The molecule has 3 aromatic carbocycles. The van der Waals surface area contributed by atoms with Gasteiger partial charge in [-0.2, -0.15) is 0 Å². The molecule has 3 rings (SSSR count). The van der Waals surface area contributed by atoms with E-state index in [1.54, 1.807) is 12.1 Å². The summed E-state index contributed by atoms with van der Waals surface area (Å²) >= 11 is 0. The van der Waals surface area contributed by atoms with Gasteiger partial charge in [0.15, 0.2) is 17.4 Å². The van der Waals surface area contributed by atoms with Gasteiger partial charge in [-0.25, -0.2) is 8.78 Å². The maximum Gasteiger partial charge on any atom is 0.198 e. The van der Waals surface area contributed by atoms with E-state index in [2.05, 4.69) is 0 Å². The number of hydrogen-bond donors (Lipinski definition) is 1. The lowest BCUT2D eigenvalue weighted by atomic mass is 10.1. The number of nitrogen functional groups attached to an aromatic ring is 1. The predicted octanol–water partition coefficient (Wildman–Crippen LogP) is 4.49. The molecule has 0 aromatic heterocycles. The summed E-state index contributed by atoms with van der Waals surface area (Å²) < 4.78 is 32.6. The number of rotatable bonds is 2. The molecule has 0 saturated carbocycles. The monoisotopic (exact) mass is 271 g/mol. The Labute approximate surface area is 114 Å². The molecule has 0 amide bonds. The van der Waals surface area contributed by atoms with E-state index in [-0.39, 0.29) is 5.69 Å². The van der Waals surface area contributed by atoms with Crippen molar-refractivity contribution in [2.24, 2.45) is 0 Å². The summed E-state index contributed by atoms with van der Waals surface area (Å²) in [6, 6.07) is 14.9. The predicted molar refractivity (Wildman–Crippen MR) is 74.8 cm³/mol. The van der Waals surface area contributed by atoms with Gasteiger partial charge in [0.2, 0.25) is 0 Å². The van der Waals surface area contributed by atoms with E-state index in [0.29, 0.717) is 5.75 Å². The minimum atomic E-state index is -0.823. The van der Waals surface area contributed by atoms with Crippen molar-refractivity contribution < 1.29 is 13.5 Å². The molecule has 2 nitrogen and oxygen atoms in total. The summed E-state index contributed by atoms with van der Waals surface area (Å²) in [5, 5.41) is 1.96. The first-order chi connectivity index (χ1) is 9.63. The number of hydrogen-bond acceptors (Lipinski definition) is 2.